The molecule has 0 atom stereocenters. The van der Waals surface area contributed by atoms with Crippen LogP contribution in [-0.2, 0) is 0 Å². The van der Waals surface area contributed by atoms with E-state index in [1.165, 1.54) is 6.07 Å². The van der Waals surface area contributed by atoms with Crippen molar-refractivity contribution in [2.75, 3.05) is 27.4 Å². The van der Waals surface area contributed by atoms with Gasteiger partial charge < -0.3 is 23.7 Å². The standard InChI is InChI=1S/C26H24FNO5/c1-29-25-16-20-22(17-26(25)30-2)28-13-12-23(20)33-19-10-8-18(9-11-19)31-14-5-15-32-24-7-4-3-6-21(24)27/h3-4,6-13,16-17H,5,14-15H2,1-2H3. The van der Waals surface area contributed by atoms with Gasteiger partial charge in [-0.2, -0.15) is 0 Å². The molecule has 33 heavy (non-hydrogen) atoms. The van der Waals surface area contributed by atoms with E-state index >= 15 is 0 Å². The summed E-state index contributed by atoms with van der Waals surface area (Å²) in [7, 11) is 3.18. The highest BCUT2D eigenvalue weighted by Gasteiger charge is 2.11. The Kier molecular flexibility index (Phi) is 7.09. The average molecular weight is 449 g/mol. The van der Waals surface area contributed by atoms with Crippen LogP contribution in [0.25, 0.3) is 10.9 Å². The fraction of sp³-hybridized carbons (Fsp3) is 0.192. The molecule has 1 aromatic heterocycles. The summed E-state index contributed by atoms with van der Waals surface area (Å²) in [6, 6.07) is 19.1. The smallest absolute Gasteiger partial charge is 0.165 e. The van der Waals surface area contributed by atoms with E-state index in [2.05, 4.69) is 4.98 Å². The first kappa shape index (κ1) is 22.2. The summed E-state index contributed by atoms with van der Waals surface area (Å²) in [5.74, 6) is 3.11. The number of pyridine rings is 1. The summed E-state index contributed by atoms with van der Waals surface area (Å²) in [6.45, 7) is 0.816. The van der Waals surface area contributed by atoms with Crippen molar-refractivity contribution in [2.24, 2.45) is 0 Å². The van der Waals surface area contributed by atoms with E-state index in [4.69, 9.17) is 23.7 Å². The van der Waals surface area contributed by atoms with Crippen molar-refractivity contribution in [1.82, 2.24) is 4.98 Å². The highest BCUT2D eigenvalue weighted by atomic mass is 19.1. The van der Waals surface area contributed by atoms with Crippen molar-refractivity contribution in [1.29, 1.82) is 0 Å². The zero-order chi connectivity index (χ0) is 23.0. The molecule has 0 bridgehead atoms. The predicted molar refractivity (Wildman–Crippen MR) is 123 cm³/mol. The van der Waals surface area contributed by atoms with E-state index in [0.717, 1.165) is 10.9 Å². The lowest BCUT2D eigenvalue weighted by atomic mass is 10.2. The highest BCUT2D eigenvalue weighted by molar-refractivity contribution is 5.88. The Hall–Kier alpha value is -4.00. The molecule has 0 aliphatic rings. The third kappa shape index (κ3) is 5.44. The van der Waals surface area contributed by atoms with Crippen LogP contribution in [0.1, 0.15) is 6.42 Å². The van der Waals surface area contributed by atoms with Gasteiger partial charge >= 0.3 is 0 Å². The summed E-state index contributed by atoms with van der Waals surface area (Å²) in [5.41, 5.74) is 0.739. The first-order valence-corrected chi connectivity index (χ1v) is 10.5. The molecule has 4 rings (SSSR count). The number of rotatable bonds is 10. The number of hydrogen-bond acceptors (Lipinski definition) is 6. The number of ether oxygens (including phenoxy) is 5. The number of methoxy groups -OCH3 is 2. The normalized spacial score (nSPS) is 10.6. The van der Waals surface area contributed by atoms with Crippen molar-refractivity contribution in [3.8, 4) is 34.5 Å². The molecule has 0 unspecified atom stereocenters. The molecule has 0 amide bonds. The van der Waals surface area contributed by atoms with Crippen LogP contribution in [0.4, 0.5) is 4.39 Å². The molecule has 0 N–H and O–H groups in total. The zero-order valence-corrected chi connectivity index (χ0v) is 18.4. The molecule has 170 valence electrons. The minimum Gasteiger partial charge on any atom is -0.493 e. The number of para-hydroxylation sites is 1. The fourth-order valence-corrected chi connectivity index (χ4v) is 3.26. The Morgan fingerprint density at radius 3 is 2.18 bits per heavy atom. The molecule has 1 heterocycles. The predicted octanol–water partition coefficient (Wildman–Crippen LogP) is 6.03. The van der Waals surface area contributed by atoms with Crippen molar-refractivity contribution in [3.63, 3.8) is 0 Å². The number of hydrogen-bond donors (Lipinski definition) is 0. The molecule has 7 heteroatoms. The molecule has 0 radical (unpaired) electrons. The Bertz CT molecular complexity index is 1210. The number of benzene rings is 3. The molecule has 0 aliphatic carbocycles. The van der Waals surface area contributed by atoms with E-state index in [9.17, 15) is 4.39 Å². The molecular weight excluding hydrogens is 425 g/mol. The van der Waals surface area contributed by atoms with Crippen LogP contribution in [0.5, 0.6) is 34.5 Å². The van der Waals surface area contributed by atoms with Gasteiger partial charge in [0.25, 0.3) is 0 Å². The molecule has 0 saturated carbocycles. The first-order chi connectivity index (χ1) is 16.2. The molecule has 6 nitrogen and oxygen atoms in total. The van der Waals surface area contributed by atoms with E-state index < -0.39 is 0 Å². The molecule has 4 aromatic rings. The summed E-state index contributed by atoms with van der Waals surface area (Å²) in [4.78, 5) is 4.39. The van der Waals surface area contributed by atoms with Crippen LogP contribution in [0.2, 0.25) is 0 Å². The number of fused-ring (bicyclic) bond motifs is 1. The van der Waals surface area contributed by atoms with Crippen LogP contribution in [-0.4, -0.2) is 32.4 Å². The number of halogens is 1. The maximum atomic E-state index is 13.5. The topological polar surface area (TPSA) is 59.0 Å². The van der Waals surface area contributed by atoms with Gasteiger partial charge in [0.2, 0.25) is 0 Å². The van der Waals surface area contributed by atoms with Crippen LogP contribution in [0.3, 0.4) is 0 Å². The lowest BCUT2D eigenvalue weighted by Gasteiger charge is -2.13. The van der Waals surface area contributed by atoms with Gasteiger partial charge in [0.05, 0.1) is 33.0 Å². The molecule has 0 spiro atoms. The van der Waals surface area contributed by atoms with Crippen molar-refractivity contribution in [3.05, 3.63) is 78.7 Å². The van der Waals surface area contributed by atoms with E-state index in [1.807, 2.05) is 36.4 Å². The first-order valence-electron chi connectivity index (χ1n) is 10.5. The Labute approximate surface area is 191 Å². The van der Waals surface area contributed by atoms with Crippen molar-refractivity contribution >= 4 is 10.9 Å². The van der Waals surface area contributed by atoms with Gasteiger partial charge in [-0.25, -0.2) is 4.39 Å². The second-order valence-electron chi connectivity index (χ2n) is 7.09. The lowest BCUT2D eigenvalue weighted by molar-refractivity contribution is 0.241. The maximum absolute atomic E-state index is 13.5. The van der Waals surface area contributed by atoms with E-state index in [-0.39, 0.29) is 11.6 Å². The van der Waals surface area contributed by atoms with Crippen LogP contribution in [0.15, 0.2) is 72.9 Å². The highest BCUT2D eigenvalue weighted by Crippen LogP contribution is 2.37. The zero-order valence-electron chi connectivity index (χ0n) is 18.4. The van der Waals surface area contributed by atoms with Gasteiger partial charge in [0, 0.05) is 24.1 Å². The van der Waals surface area contributed by atoms with E-state index in [1.54, 1.807) is 44.7 Å². The lowest BCUT2D eigenvalue weighted by Crippen LogP contribution is -2.05. The summed E-state index contributed by atoms with van der Waals surface area (Å²) in [5, 5.41) is 0.810. The van der Waals surface area contributed by atoms with Crippen LogP contribution < -0.4 is 23.7 Å². The van der Waals surface area contributed by atoms with Gasteiger partial charge in [-0.05, 0) is 48.5 Å². The monoisotopic (exact) mass is 449 g/mol. The SMILES string of the molecule is COc1cc2nccc(Oc3ccc(OCCCOc4ccccc4F)cc3)c2cc1OC. The second-order valence-corrected chi connectivity index (χ2v) is 7.09. The van der Waals surface area contributed by atoms with Gasteiger partial charge in [0.1, 0.15) is 17.2 Å². The fourth-order valence-electron chi connectivity index (χ4n) is 3.26. The minimum absolute atomic E-state index is 0.249. The van der Waals surface area contributed by atoms with Gasteiger partial charge in [-0.1, -0.05) is 12.1 Å². The summed E-state index contributed by atoms with van der Waals surface area (Å²) >= 11 is 0. The average Bonchev–Trinajstić information content (AvgIpc) is 2.85. The Balaban J connectivity index is 1.34. The summed E-state index contributed by atoms with van der Waals surface area (Å²) in [6.07, 6.45) is 2.31. The largest absolute Gasteiger partial charge is 0.493 e. The van der Waals surface area contributed by atoms with Gasteiger partial charge in [0.15, 0.2) is 23.1 Å². The molecule has 0 fully saturated rings. The number of aromatic nitrogens is 1. The quantitative estimate of drug-likeness (QED) is 0.276. The molecular formula is C26H24FNO5. The Morgan fingerprint density at radius 2 is 1.42 bits per heavy atom. The minimum atomic E-state index is -0.367. The Morgan fingerprint density at radius 1 is 0.727 bits per heavy atom. The second kappa shape index (κ2) is 10.5. The van der Waals surface area contributed by atoms with Crippen molar-refractivity contribution in [2.45, 2.75) is 6.42 Å². The molecule has 0 saturated heterocycles. The third-order valence-electron chi connectivity index (χ3n) is 4.91. The third-order valence-corrected chi connectivity index (χ3v) is 4.91. The molecule has 3 aromatic carbocycles. The van der Waals surface area contributed by atoms with E-state index in [0.29, 0.717) is 48.4 Å². The molecule has 0 aliphatic heterocycles. The summed E-state index contributed by atoms with van der Waals surface area (Å²) < 4.78 is 41.5. The van der Waals surface area contributed by atoms with Crippen LogP contribution in [0, 0.1) is 5.82 Å². The number of nitrogens with zero attached hydrogens (tertiary/aromatic N) is 1. The van der Waals surface area contributed by atoms with Gasteiger partial charge in [-0.3, -0.25) is 4.98 Å². The van der Waals surface area contributed by atoms with Crippen LogP contribution >= 0.6 is 0 Å². The maximum Gasteiger partial charge on any atom is 0.165 e. The van der Waals surface area contributed by atoms with Crippen molar-refractivity contribution < 1.29 is 28.1 Å². The van der Waals surface area contributed by atoms with Gasteiger partial charge in [-0.15, -0.1) is 0 Å².